The Morgan fingerprint density at radius 3 is 2.38 bits per heavy atom. The molecule has 1 amide bonds. The number of hydrogen-bond acceptors (Lipinski definition) is 9. The van der Waals surface area contributed by atoms with Crippen molar-refractivity contribution in [1.29, 1.82) is 0 Å². The number of fused-ring (bicyclic) bond motifs is 3. The smallest absolute Gasteiger partial charge is 0.255 e. The summed E-state index contributed by atoms with van der Waals surface area (Å²) in [6.07, 6.45) is -1.69. The van der Waals surface area contributed by atoms with Gasteiger partial charge in [0.05, 0.1) is 29.2 Å². The highest BCUT2D eigenvalue weighted by Crippen LogP contribution is 2.55. The van der Waals surface area contributed by atoms with Gasteiger partial charge >= 0.3 is 0 Å². The molecular formula is C22H22N2O8. The number of aromatic hydroxyl groups is 1. The van der Waals surface area contributed by atoms with Crippen LogP contribution in [0.1, 0.15) is 11.1 Å². The number of hydrogen-bond donors (Lipinski definition) is 6. The molecule has 1 saturated carbocycles. The number of nitrogens with zero attached hydrogens (tertiary/aromatic N) is 1. The zero-order valence-corrected chi connectivity index (χ0v) is 17.2. The van der Waals surface area contributed by atoms with Crippen molar-refractivity contribution in [2.24, 2.45) is 17.6 Å². The molecule has 5 atom stereocenters. The third-order valence-corrected chi connectivity index (χ3v) is 6.61. The number of carbonyl (C=O) groups excluding carboxylic acids is 3. The molecule has 1 aromatic carbocycles. The van der Waals surface area contributed by atoms with Crippen molar-refractivity contribution in [3.63, 3.8) is 0 Å². The van der Waals surface area contributed by atoms with Gasteiger partial charge in [0.15, 0.2) is 11.4 Å². The maximum absolute atomic E-state index is 13.6. The number of primary amides is 1. The van der Waals surface area contributed by atoms with Crippen LogP contribution in [0.15, 0.2) is 41.7 Å². The van der Waals surface area contributed by atoms with Crippen molar-refractivity contribution in [3.05, 3.63) is 52.8 Å². The second-order valence-corrected chi connectivity index (χ2v) is 8.44. The molecule has 3 aliphatic rings. The van der Waals surface area contributed by atoms with E-state index in [0.717, 1.165) is 0 Å². The number of aliphatic hydroxyl groups excluding tert-OH is 3. The Bertz CT molecular complexity index is 1180. The molecule has 1 fully saturated rings. The fourth-order valence-corrected chi connectivity index (χ4v) is 5.21. The number of carbonyl (C=O) groups is 3. The number of amides is 1. The maximum Gasteiger partial charge on any atom is 0.255 e. The van der Waals surface area contributed by atoms with Gasteiger partial charge in [0.25, 0.3) is 5.91 Å². The lowest BCUT2D eigenvalue weighted by Crippen LogP contribution is -2.70. The molecular weight excluding hydrogens is 420 g/mol. The van der Waals surface area contributed by atoms with E-state index >= 15 is 0 Å². The van der Waals surface area contributed by atoms with Crippen LogP contribution < -0.4 is 5.73 Å². The first-order chi connectivity index (χ1) is 14.9. The molecule has 0 aromatic heterocycles. The van der Waals surface area contributed by atoms with E-state index < -0.39 is 69.7 Å². The molecule has 3 aliphatic carbocycles. The van der Waals surface area contributed by atoms with Crippen molar-refractivity contribution >= 4 is 28.8 Å². The van der Waals surface area contributed by atoms with E-state index in [4.69, 9.17) is 5.73 Å². The fraction of sp³-hybridized carbons (Fsp3) is 0.318. The first-order valence-electron chi connectivity index (χ1n) is 9.71. The van der Waals surface area contributed by atoms with Gasteiger partial charge in [-0.25, -0.2) is 0 Å². The second-order valence-electron chi connectivity index (χ2n) is 8.44. The summed E-state index contributed by atoms with van der Waals surface area (Å²) in [5.74, 6) is -8.78. The van der Waals surface area contributed by atoms with Gasteiger partial charge in [-0.15, -0.1) is 0 Å². The molecule has 168 valence electrons. The van der Waals surface area contributed by atoms with E-state index in [9.17, 15) is 39.9 Å². The van der Waals surface area contributed by atoms with Crippen LogP contribution in [-0.2, 0) is 14.4 Å². The molecule has 0 radical (unpaired) electrons. The third-order valence-electron chi connectivity index (χ3n) is 6.61. The molecule has 0 saturated heterocycles. The van der Waals surface area contributed by atoms with Crippen LogP contribution in [-0.4, -0.2) is 79.7 Å². The highest BCUT2D eigenvalue weighted by molar-refractivity contribution is 6.25. The van der Waals surface area contributed by atoms with Gasteiger partial charge in [0.2, 0.25) is 5.78 Å². The minimum absolute atomic E-state index is 0.124. The predicted molar refractivity (Wildman–Crippen MR) is 111 cm³/mol. The molecule has 0 aliphatic heterocycles. The summed E-state index contributed by atoms with van der Waals surface area (Å²) < 4.78 is 0. The zero-order valence-electron chi connectivity index (χ0n) is 17.2. The summed E-state index contributed by atoms with van der Waals surface area (Å²) in [6, 6.07) is 2.89. The van der Waals surface area contributed by atoms with Gasteiger partial charge in [-0.05, 0) is 31.3 Å². The number of Topliss-reactive ketones (excluding diaryl/α,β-unsaturated/α-hetero) is 2. The molecule has 1 aromatic rings. The summed E-state index contributed by atoms with van der Waals surface area (Å²) in [6.45, 7) is 3.91. The monoisotopic (exact) mass is 442 g/mol. The van der Waals surface area contributed by atoms with Gasteiger partial charge in [-0.1, -0.05) is 18.7 Å². The quantitative estimate of drug-likeness (QED) is 0.326. The molecule has 0 bridgehead atoms. The van der Waals surface area contributed by atoms with Crippen LogP contribution in [0.4, 0.5) is 0 Å². The van der Waals surface area contributed by atoms with Gasteiger partial charge < -0.3 is 31.3 Å². The van der Waals surface area contributed by atoms with Gasteiger partial charge in [-0.2, -0.15) is 0 Å². The van der Waals surface area contributed by atoms with Gasteiger partial charge in [-0.3, -0.25) is 19.3 Å². The Morgan fingerprint density at radius 2 is 1.81 bits per heavy atom. The minimum Gasteiger partial charge on any atom is -0.508 e. The van der Waals surface area contributed by atoms with E-state index in [-0.39, 0.29) is 22.4 Å². The standard InChI is InChI=1S/C22H22N2O8/c1-7-8-5-4-6-9(25)11(8)16(26)12-10(7)17(27)14-15(24(2)3)18(28)13(21(23)31)20(30)22(14,32)19(12)29/h4-6,10,14-15,17,25-27,30,32H,1H2,2-3H3,(H2,23,31)/t10-,14+,15-,17-,22+/m1/s1. The van der Waals surface area contributed by atoms with Crippen LogP contribution in [0.3, 0.4) is 0 Å². The molecule has 0 spiro atoms. The fourth-order valence-electron chi connectivity index (χ4n) is 5.21. The Hall–Kier alpha value is -3.47. The number of benzene rings is 1. The average Bonchev–Trinajstić information content (AvgIpc) is 2.70. The number of ketones is 2. The van der Waals surface area contributed by atoms with E-state index in [2.05, 4.69) is 6.58 Å². The average molecular weight is 442 g/mol. The van der Waals surface area contributed by atoms with Gasteiger partial charge in [0.1, 0.15) is 22.8 Å². The second kappa shape index (κ2) is 6.76. The Morgan fingerprint density at radius 1 is 1.19 bits per heavy atom. The van der Waals surface area contributed by atoms with E-state index in [1.807, 2.05) is 0 Å². The van der Waals surface area contributed by atoms with E-state index in [0.29, 0.717) is 0 Å². The van der Waals surface area contributed by atoms with Crippen LogP contribution in [0.25, 0.3) is 11.3 Å². The highest BCUT2D eigenvalue weighted by Gasteiger charge is 2.68. The maximum atomic E-state index is 13.6. The molecule has 0 heterocycles. The van der Waals surface area contributed by atoms with E-state index in [1.54, 1.807) is 0 Å². The Kier molecular flexibility index (Phi) is 4.60. The van der Waals surface area contributed by atoms with E-state index in [1.165, 1.54) is 37.2 Å². The topological polar surface area (TPSA) is 182 Å². The summed E-state index contributed by atoms with van der Waals surface area (Å²) in [5, 5.41) is 54.7. The lowest BCUT2D eigenvalue weighted by molar-refractivity contribution is -0.166. The summed E-state index contributed by atoms with van der Waals surface area (Å²) in [7, 11) is 2.88. The number of aliphatic hydroxyl groups is 4. The van der Waals surface area contributed by atoms with Crippen molar-refractivity contribution < 1.29 is 39.9 Å². The zero-order chi connectivity index (χ0) is 23.9. The number of phenolic OH excluding ortho intramolecular Hbond substituents is 1. The summed E-state index contributed by atoms with van der Waals surface area (Å²) >= 11 is 0. The number of nitrogens with two attached hydrogens (primary N) is 1. The molecule has 10 heteroatoms. The molecule has 4 rings (SSSR count). The van der Waals surface area contributed by atoms with Crippen LogP contribution >= 0.6 is 0 Å². The van der Waals surface area contributed by atoms with Crippen molar-refractivity contribution in [2.45, 2.75) is 17.7 Å². The number of likely N-dealkylation sites (N-methyl/N-ethyl adjacent to an activating group) is 1. The molecule has 32 heavy (non-hydrogen) atoms. The molecule has 7 N–H and O–H groups in total. The first-order valence-corrected chi connectivity index (χ1v) is 9.71. The Labute approximate surface area is 182 Å². The largest absolute Gasteiger partial charge is 0.508 e. The number of rotatable bonds is 2. The third kappa shape index (κ3) is 2.42. The highest BCUT2D eigenvalue weighted by atomic mass is 16.4. The predicted octanol–water partition coefficient (Wildman–Crippen LogP) is -0.594. The SMILES string of the molecule is C=C1c2cccc(O)c2C(O)=C2C(=O)[C@]3(O)C(O)=C(C(N)=O)C(=O)[C@H](N(C)C)[C@H]3[C@H](O)[C@H]12. The molecule has 0 unspecified atom stereocenters. The van der Waals surface area contributed by atoms with Crippen LogP contribution in [0.2, 0.25) is 0 Å². The van der Waals surface area contributed by atoms with Crippen molar-refractivity contribution in [2.75, 3.05) is 14.1 Å². The first kappa shape index (κ1) is 21.8. The summed E-state index contributed by atoms with van der Waals surface area (Å²) in [4.78, 5) is 39.8. The number of phenols is 1. The van der Waals surface area contributed by atoms with Crippen molar-refractivity contribution in [1.82, 2.24) is 4.90 Å². The van der Waals surface area contributed by atoms with Gasteiger partial charge in [0, 0.05) is 5.92 Å². The van der Waals surface area contributed by atoms with Crippen LogP contribution in [0.5, 0.6) is 5.75 Å². The molecule has 10 nitrogen and oxygen atoms in total. The normalized spacial score (nSPS) is 32.1. The lowest BCUT2D eigenvalue weighted by atomic mass is 9.55. The Balaban J connectivity index is 2.08. The minimum atomic E-state index is -2.94. The summed E-state index contributed by atoms with van der Waals surface area (Å²) in [5.41, 5.74) is 1.16. The lowest BCUT2D eigenvalue weighted by Gasteiger charge is -2.52. The van der Waals surface area contributed by atoms with Crippen LogP contribution in [0, 0.1) is 11.8 Å². The van der Waals surface area contributed by atoms with Crippen molar-refractivity contribution in [3.8, 4) is 5.75 Å².